The maximum absolute atomic E-state index is 2.20. The maximum Gasteiger partial charge on any atom is 0 e. The molecule has 5 heteroatoms. The summed E-state index contributed by atoms with van der Waals surface area (Å²) >= 11 is 0. The van der Waals surface area contributed by atoms with E-state index in [2.05, 4.69) is 69.2 Å². The van der Waals surface area contributed by atoms with Gasteiger partial charge in [-0.1, -0.05) is 69.2 Å². The standard InChI is InChI=1S/2C10H15.3H2O.2Rh/c2*1-6-7(2)9(4)10(5)8(6)3;;;;;/h2*1-5H3;3*1H2;;/q2*-1;;;;;. The summed E-state index contributed by atoms with van der Waals surface area (Å²) in [5, 5.41) is 0. The second-order valence-electron chi connectivity index (χ2n) is 6.25. The van der Waals surface area contributed by atoms with Gasteiger partial charge in [0.05, 0.1) is 0 Å². The van der Waals surface area contributed by atoms with E-state index in [0.717, 1.165) is 0 Å². The van der Waals surface area contributed by atoms with Crippen LogP contribution in [0.3, 0.4) is 0 Å². The topological polar surface area (TPSA) is 94.5 Å². The molecule has 0 fully saturated rings. The summed E-state index contributed by atoms with van der Waals surface area (Å²) in [5.74, 6) is 0. The molecular weight excluding hydrogens is 494 g/mol. The van der Waals surface area contributed by atoms with Crippen LogP contribution in [0.4, 0.5) is 0 Å². The minimum atomic E-state index is 0. The Hall–Kier alpha value is -0.173. The SMILES string of the molecule is Cc1c(C)c(C)[c-](C)c1C.Cc1c(C)c(C)[c-](C)c1C.O.O.O.[Rh].[Rh]. The quantitative estimate of drug-likeness (QED) is 0.369. The van der Waals surface area contributed by atoms with E-state index in [0.29, 0.717) is 0 Å². The zero-order valence-corrected chi connectivity index (χ0v) is 20.4. The van der Waals surface area contributed by atoms with Crippen molar-refractivity contribution in [3.05, 3.63) is 55.6 Å². The van der Waals surface area contributed by atoms with Crippen LogP contribution in [0.15, 0.2) is 0 Å². The van der Waals surface area contributed by atoms with Crippen LogP contribution >= 0.6 is 0 Å². The molecular formula is C20H36O3Rh2-2. The van der Waals surface area contributed by atoms with Crippen molar-refractivity contribution in [1.82, 2.24) is 0 Å². The third kappa shape index (κ3) is 7.16. The molecule has 0 saturated carbocycles. The van der Waals surface area contributed by atoms with Gasteiger partial charge in [0.1, 0.15) is 0 Å². The van der Waals surface area contributed by atoms with Crippen molar-refractivity contribution in [1.29, 1.82) is 0 Å². The summed E-state index contributed by atoms with van der Waals surface area (Å²) in [6.07, 6.45) is 0. The first-order valence-corrected chi connectivity index (χ1v) is 7.50. The van der Waals surface area contributed by atoms with E-state index in [1.165, 1.54) is 55.6 Å². The number of rotatable bonds is 0. The average Bonchev–Trinajstić information content (AvgIpc) is 2.71. The summed E-state index contributed by atoms with van der Waals surface area (Å²) in [6, 6.07) is 0. The molecule has 0 aliphatic heterocycles. The Labute approximate surface area is 179 Å². The van der Waals surface area contributed by atoms with Gasteiger partial charge in [-0.3, -0.25) is 0 Å². The predicted molar refractivity (Wildman–Crippen MR) is 102 cm³/mol. The van der Waals surface area contributed by atoms with Gasteiger partial charge in [0.25, 0.3) is 0 Å². The molecule has 0 saturated heterocycles. The van der Waals surface area contributed by atoms with E-state index in [1.54, 1.807) is 0 Å². The van der Waals surface area contributed by atoms with Gasteiger partial charge in [-0.15, -0.1) is 0 Å². The first kappa shape index (κ1) is 35.9. The number of hydrogen-bond acceptors (Lipinski definition) is 0. The summed E-state index contributed by atoms with van der Waals surface area (Å²) < 4.78 is 0. The molecule has 2 aromatic carbocycles. The normalized spacial score (nSPS) is 8.40. The number of hydrogen-bond donors (Lipinski definition) is 0. The molecule has 0 aliphatic rings. The largest absolute Gasteiger partial charge is 0.412 e. The fourth-order valence-corrected chi connectivity index (χ4v) is 2.81. The van der Waals surface area contributed by atoms with E-state index < -0.39 is 0 Å². The Morgan fingerprint density at radius 1 is 0.400 bits per heavy atom. The molecule has 0 atom stereocenters. The third-order valence-corrected chi connectivity index (χ3v) is 5.62. The first-order valence-electron chi connectivity index (χ1n) is 7.50. The van der Waals surface area contributed by atoms with E-state index in [-0.39, 0.29) is 55.4 Å². The molecule has 2 radical (unpaired) electrons. The van der Waals surface area contributed by atoms with Gasteiger partial charge in [0.15, 0.2) is 0 Å². The molecule has 0 aliphatic carbocycles. The van der Waals surface area contributed by atoms with Gasteiger partial charge in [-0.25, -0.2) is 0 Å². The van der Waals surface area contributed by atoms with Gasteiger partial charge in [-0.2, -0.15) is 55.6 Å². The molecule has 0 bridgehead atoms. The summed E-state index contributed by atoms with van der Waals surface area (Å²) in [6.45, 7) is 22.0. The van der Waals surface area contributed by atoms with E-state index in [1.807, 2.05) is 0 Å². The van der Waals surface area contributed by atoms with E-state index in [4.69, 9.17) is 0 Å². The Morgan fingerprint density at radius 3 is 0.560 bits per heavy atom. The van der Waals surface area contributed by atoms with Crippen LogP contribution in [0.1, 0.15) is 55.6 Å². The first-order chi connectivity index (χ1) is 9.11. The Morgan fingerprint density at radius 2 is 0.520 bits per heavy atom. The van der Waals surface area contributed by atoms with Gasteiger partial charge in [-0.05, 0) is 0 Å². The molecule has 2 rings (SSSR count). The minimum absolute atomic E-state index is 0. The predicted octanol–water partition coefficient (Wildman–Crippen LogP) is 3.42. The fourth-order valence-electron chi connectivity index (χ4n) is 2.81. The molecule has 25 heavy (non-hydrogen) atoms. The van der Waals surface area contributed by atoms with E-state index in [9.17, 15) is 0 Å². The smallest absolute Gasteiger partial charge is 0 e. The van der Waals surface area contributed by atoms with Crippen LogP contribution in [0, 0.1) is 69.2 Å². The van der Waals surface area contributed by atoms with Gasteiger partial charge >= 0.3 is 0 Å². The Kier molecular flexibility index (Phi) is 20.0. The Balaban J connectivity index is -0.0000000889. The molecule has 154 valence electrons. The molecule has 0 amide bonds. The molecule has 3 nitrogen and oxygen atoms in total. The third-order valence-electron chi connectivity index (χ3n) is 5.62. The Bertz CT molecular complexity index is 422. The summed E-state index contributed by atoms with van der Waals surface area (Å²) in [5.41, 5.74) is 14.7. The van der Waals surface area contributed by atoms with Crippen LogP contribution < -0.4 is 0 Å². The fraction of sp³-hybridized carbons (Fsp3) is 0.500. The van der Waals surface area contributed by atoms with Crippen molar-refractivity contribution in [2.24, 2.45) is 0 Å². The van der Waals surface area contributed by atoms with Crippen LogP contribution in [-0.4, -0.2) is 16.4 Å². The molecule has 0 spiro atoms. The van der Waals surface area contributed by atoms with Crippen molar-refractivity contribution in [2.45, 2.75) is 69.2 Å². The second-order valence-corrected chi connectivity index (χ2v) is 6.25. The van der Waals surface area contributed by atoms with Crippen LogP contribution in [0.25, 0.3) is 0 Å². The van der Waals surface area contributed by atoms with Crippen LogP contribution in [0.5, 0.6) is 0 Å². The zero-order valence-electron chi connectivity index (χ0n) is 17.2. The van der Waals surface area contributed by atoms with E-state index >= 15 is 0 Å². The van der Waals surface area contributed by atoms with Crippen molar-refractivity contribution in [2.75, 3.05) is 0 Å². The molecule has 0 unspecified atom stereocenters. The van der Waals surface area contributed by atoms with Crippen molar-refractivity contribution < 1.29 is 55.4 Å². The summed E-state index contributed by atoms with van der Waals surface area (Å²) in [4.78, 5) is 0. The van der Waals surface area contributed by atoms with Crippen LogP contribution in [-0.2, 0) is 39.0 Å². The van der Waals surface area contributed by atoms with Crippen molar-refractivity contribution in [3.63, 3.8) is 0 Å². The molecule has 0 aromatic heterocycles. The van der Waals surface area contributed by atoms with Gasteiger partial charge < -0.3 is 16.4 Å². The van der Waals surface area contributed by atoms with Crippen molar-refractivity contribution in [3.8, 4) is 0 Å². The van der Waals surface area contributed by atoms with Gasteiger partial charge in [0.2, 0.25) is 0 Å². The van der Waals surface area contributed by atoms with Gasteiger partial charge in [0, 0.05) is 39.0 Å². The van der Waals surface area contributed by atoms with Crippen molar-refractivity contribution >= 4 is 0 Å². The molecule has 6 N–H and O–H groups in total. The minimum Gasteiger partial charge on any atom is -0.412 e. The average molecular weight is 530 g/mol. The van der Waals surface area contributed by atoms with Crippen LogP contribution in [0.2, 0.25) is 0 Å². The molecule has 2 aromatic rings. The summed E-state index contributed by atoms with van der Waals surface area (Å²) in [7, 11) is 0. The zero-order chi connectivity index (χ0) is 15.8. The monoisotopic (exact) mass is 530 g/mol. The maximum atomic E-state index is 2.20. The second kappa shape index (κ2) is 14.0. The molecule has 0 heterocycles.